The first-order valence-electron chi connectivity index (χ1n) is 6.61. The van der Waals surface area contributed by atoms with Gasteiger partial charge < -0.3 is 10.2 Å². The molecular weight excluding hydrogens is 304 g/mol. The number of aromatic hydroxyl groups is 2. The van der Waals surface area contributed by atoms with Crippen LogP contribution in [0, 0.1) is 0 Å². The summed E-state index contributed by atoms with van der Waals surface area (Å²) in [7, 11) is 0. The molecule has 0 bridgehead atoms. The highest BCUT2D eigenvalue weighted by atomic mass is 32.2. The van der Waals surface area contributed by atoms with Crippen LogP contribution in [0.3, 0.4) is 0 Å². The van der Waals surface area contributed by atoms with E-state index in [2.05, 4.69) is 6.92 Å². The van der Waals surface area contributed by atoms with E-state index in [9.17, 15) is 15.0 Å². The van der Waals surface area contributed by atoms with Gasteiger partial charge in [-0.05, 0) is 35.6 Å². The summed E-state index contributed by atoms with van der Waals surface area (Å²) in [5.41, 5.74) is 1.28. The van der Waals surface area contributed by atoms with E-state index in [1.165, 1.54) is 23.9 Å². The molecule has 3 rings (SSSR count). The molecule has 0 radical (unpaired) electrons. The standard InChI is InChI=1S/C16H14O3S2/c1-2-20-11-3-4-14-9(5-11)6-12(18)16-13(19)7-10(17)8-15(16)21-14/h3-5,7-8,17,19H,2,6H2,1H3. The third kappa shape index (κ3) is 2.76. The van der Waals surface area contributed by atoms with Crippen LogP contribution in [-0.4, -0.2) is 21.7 Å². The fourth-order valence-corrected chi connectivity index (χ4v) is 4.24. The maximum Gasteiger partial charge on any atom is 0.172 e. The normalized spacial score (nSPS) is 13.5. The van der Waals surface area contributed by atoms with Crippen molar-refractivity contribution in [3.8, 4) is 11.5 Å². The van der Waals surface area contributed by atoms with Crippen molar-refractivity contribution in [1.29, 1.82) is 0 Å². The largest absolute Gasteiger partial charge is 0.508 e. The van der Waals surface area contributed by atoms with Gasteiger partial charge in [0.15, 0.2) is 5.78 Å². The molecule has 5 heteroatoms. The molecule has 0 saturated carbocycles. The van der Waals surface area contributed by atoms with Gasteiger partial charge in [0.1, 0.15) is 11.5 Å². The monoisotopic (exact) mass is 318 g/mol. The van der Waals surface area contributed by atoms with E-state index in [-0.39, 0.29) is 23.7 Å². The van der Waals surface area contributed by atoms with E-state index in [4.69, 9.17) is 0 Å². The minimum Gasteiger partial charge on any atom is -0.508 e. The van der Waals surface area contributed by atoms with Gasteiger partial charge in [-0.15, -0.1) is 11.8 Å². The van der Waals surface area contributed by atoms with Crippen LogP contribution < -0.4 is 0 Å². The van der Waals surface area contributed by atoms with Crippen LogP contribution in [0.15, 0.2) is 45.0 Å². The number of hydrogen-bond donors (Lipinski definition) is 2. The first-order valence-corrected chi connectivity index (χ1v) is 8.41. The van der Waals surface area contributed by atoms with Gasteiger partial charge in [-0.1, -0.05) is 18.7 Å². The highest BCUT2D eigenvalue weighted by Crippen LogP contribution is 2.43. The highest BCUT2D eigenvalue weighted by Gasteiger charge is 2.24. The predicted molar refractivity (Wildman–Crippen MR) is 84.8 cm³/mol. The van der Waals surface area contributed by atoms with Gasteiger partial charge >= 0.3 is 0 Å². The number of carbonyl (C=O) groups excluding carboxylic acids is 1. The Morgan fingerprint density at radius 1 is 1.19 bits per heavy atom. The first-order chi connectivity index (χ1) is 10.1. The van der Waals surface area contributed by atoms with Crippen LogP contribution >= 0.6 is 23.5 Å². The summed E-state index contributed by atoms with van der Waals surface area (Å²) in [4.78, 5) is 15.1. The molecular formula is C16H14O3S2. The lowest BCUT2D eigenvalue weighted by molar-refractivity contribution is 0.0987. The number of Topliss-reactive ketones (excluding diaryl/α,β-unsaturated/α-hetero) is 1. The smallest absolute Gasteiger partial charge is 0.172 e. The van der Waals surface area contributed by atoms with Gasteiger partial charge in [-0.25, -0.2) is 0 Å². The van der Waals surface area contributed by atoms with Crippen molar-refractivity contribution >= 4 is 29.3 Å². The molecule has 2 aromatic carbocycles. The van der Waals surface area contributed by atoms with Crippen LogP contribution in [0.4, 0.5) is 0 Å². The fraction of sp³-hybridized carbons (Fsp3) is 0.188. The van der Waals surface area contributed by atoms with Crippen molar-refractivity contribution in [3.05, 3.63) is 41.5 Å². The van der Waals surface area contributed by atoms with E-state index >= 15 is 0 Å². The molecule has 0 aliphatic carbocycles. The van der Waals surface area contributed by atoms with Gasteiger partial charge in [-0.3, -0.25) is 4.79 Å². The zero-order chi connectivity index (χ0) is 15.0. The second-order valence-corrected chi connectivity index (χ2v) is 7.16. The number of phenolic OH excluding ortho intramolecular Hbond substituents is 2. The van der Waals surface area contributed by atoms with E-state index in [0.29, 0.717) is 10.5 Å². The van der Waals surface area contributed by atoms with Gasteiger partial charge in [0.2, 0.25) is 0 Å². The van der Waals surface area contributed by atoms with Crippen LogP contribution in [-0.2, 0) is 6.42 Å². The second kappa shape index (κ2) is 5.66. The van der Waals surface area contributed by atoms with Crippen LogP contribution in [0.1, 0.15) is 22.8 Å². The Morgan fingerprint density at radius 3 is 2.76 bits per heavy atom. The van der Waals surface area contributed by atoms with Crippen molar-refractivity contribution in [1.82, 2.24) is 0 Å². The summed E-state index contributed by atoms with van der Waals surface area (Å²) < 4.78 is 0. The summed E-state index contributed by atoms with van der Waals surface area (Å²) in [6, 6.07) is 8.82. The number of ketones is 1. The molecule has 0 saturated heterocycles. The maximum atomic E-state index is 12.4. The number of carbonyl (C=O) groups is 1. The van der Waals surface area contributed by atoms with Gasteiger partial charge in [0.25, 0.3) is 0 Å². The Bertz CT molecular complexity index is 726. The van der Waals surface area contributed by atoms with Crippen molar-refractivity contribution in [2.45, 2.75) is 28.0 Å². The molecule has 1 heterocycles. The van der Waals surface area contributed by atoms with E-state index in [1.54, 1.807) is 11.8 Å². The van der Waals surface area contributed by atoms with Gasteiger partial charge in [-0.2, -0.15) is 0 Å². The number of hydrogen-bond acceptors (Lipinski definition) is 5. The van der Waals surface area contributed by atoms with Crippen LogP contribution in [0.5, 0.6) is 11.5 Å². The molecule has 108 valence electrons. The Kier molecular flexibility index (Phi) is 3.87. The summed E-state index contributed by atoms with van der Waals surface area (Å²) in [5.74, 6) is 0.674. The Labute approximate surface area is 131 Å². The summed E-state index contributed by atoms with van der Waals surface area (Å²) in [5, 5.41) is 19.6. The van der Waals surface area contributed by atoms with Crippen LogP contribution in [0.25, 0.3) is 0 Å². The van der Waals surface area contributed by atoms with E-state index in [1.807, 2.05) is 18.2 Å². The van der Waals surface area contributed by atoms with E-state index in [0.717, 1.165) is 21.1 Å². The molecule has 0 unspecified atom stereocenters. The van der Waals surface area contributed by atoms with Crippen molar-refractivity contribution < 1.29 is 15.0 Å². The molecule has 0 amide bonds. The van der Waals surface area contributed by atoms with E-state index < -0.39 is 0 Å². The number of rotatable bonds is 2. The quantitative estimate of drug-likeness (QED) is 0.816. The van der Waals surface area contributed by atoms with Crippen molar-refractivity contribution in [2.75, 3.05) is 5.75 Å². The molecule has 2 aromatic rings. The Hall–Kier alpha value is -1.59. The minimum absolute atomic E-state index is 0.0341. The fourth-order valence-electron chi connectivity index (χ4n) is 2.38. The number of benzene rings is 2. The molecule has 0 fully saturated rings. The lowest BCUT2D eigenvalue weighted by Crippen LogP contribution is -2.03. The maximum absolute atomic E-state index is 12.4. The third-order valence-electron chi connectivity index (χ3n) is 3.26. The molecule has 1 aliphatic heterocycles. The van der Waals surface area contributed by atoms with Crippen molar-refractivity contribution in [2.24, 2.45) is 0 Å². The van der Waals surface area contributed by atoms with Gasteiger partial charge in [0, 0.05) is 27.2 Å². The van der Waals surface area contributed by atoms with Gasteiger partial charge in [0.05, 0.1) is 5.56 Å². The zero-order valence-corrected chi connectivity index (χ0v) is 13.1. The molecule has 0 spiro atoms. The lowest BCUT2D eigenvalue weighted by atomic mass is 10.0. The molecule has 3 nitrogen and oxygen atoms in total. The Morgan fingerprint density at radius 2 is 2.00 bits per heavy atom. The summed E-state index contributed by atoms with van der Waals surface area (Å²) in [6.45, 7) is 2.09. The predicted octanol–water partition coefficient (Wildman–Crippen LogP) is 4.10. The third-order valence-corrected chi connectivity index (χ3v) is 5.29. The molecule has 21 heavy (non-hydrogen) atoms. The minimum atomic E-state index is -0.154. The summed E-state index contributed by atoms with van der Waals surface area (Å²) in [6.07, 6.45) is 0.270. The highest BCUT2D eigenvalue weighted by molar-refractivity contribution is 7.99. The van der Waals surface area contributed by atoms with Crippen LogP contribution in [0.2, 0.25) is 0 Å². The number of thioether (sulfide) groups is 1. The number of fused-ring (bicyclic) bond motifs is 2. The number of phenols is 2. The SMILES string of the molecule is CCSc1ccc2c(c1)CC(=O)c1c(O)cc(O)cc1S2. The second-order valence-electron chi connectivity index (χ2n) is 4.74. The lowest BCUT2D eigenvalue weighted by Gasteiger charge is -2.08. The summed E-state index contributed by atoms with van der Waals surface area (Å²) >= 11 is 3.15. The molecule has 0 aromatic heterocycles. The average Bonchev–Trinajstić information content (AvgIpc) is 2.54. The molecule has 0 atom stereocenters. The average molecular weight is 318 g/mol. The molecule has 2 N–H and O–H groups in total. The van der Waals surface area contributed by atoms with Crippen molar-refractivity contribution in [3.63, 3.8) is 0 Å². The topological polar surface area (TPSA) is 57.5 Å². The zero-order valence-electron chi connectivity index (χ0n) is 11.4. The Balaban J connectivity index is 2.09. The first kappa shape index (κ1) is 14.4. The molecule has 1 aliphatic rings.